The predicted octanol–water partition coefficient (Wildman–Crippen LogP) is -3.65. The minimum absolute atomic E-state index is 0. The van der Waals surface area contributed by atoms with Gasteiger partial charge in [0, 0.05) is 6.20 Å². The molecule has 4 rings (SSSR count). The largest absolute Gasteiger partial charge is 1.00 e. The van der Waals surface area contributed by atoms with E-state index in [2.05, 4.69) is 30.8 Å². The lowest BCUT2D eigenvalue weighted by molar-refractivity contribution is -0.748. The summed E-state index contributed by atoms with van der Waals surface area (Å²) < 4.78 is 2.04. The quantitative estimate of drug-likeness (QED) is 0.525. The first-order chi connectivity index (χ1) is 10.4. The fourth-order valence-corrected chi connectivity index (χ4v) is 2.67. The number of rotatable bonds is 2. The van der Waals surface area contributed by atoms with Crippen molar-refractivity contribution in [3.63, 3.8) is 0 Å². The van der Waals surface area contributed by atoms with Crippen LogP contribution in [0.4, 0.5) is 5.69 Å². The highest BCUT2D eigenvalue weighted by atomic mass is 35.5. The number of hydrogen-bond acceptors (Lipinski definition) is 6. The van der Waals surface area contributed by atoms with Crippen molar-refractivity contribution in [3.8, 4) is 0 Å². The maximum absolute atomic E-state index is 4.45. The van der Waals surface area contributed by atoms with Gasteiger partial charge in [0.2, 0.25) is 0 Å². The van der Waals surface area contributed by atoms with Crippen molar-refractivity contribution in [2.45, 2.75) is 18.9 Å². The minimum Gasteiger partial charge on any atom is -1.00 e. The van der Waals surface area contributed by atoms with Crippen molar-refractivity contribution in [1.82, 2.24) is 15.1 Å². The van der Waals surface area contributed by atoms with Gasteiger partial charge in [-0.1, -0.05) is 0 Å². The van der Waals surface area contributed by atoms with Gasteiger partial charge in [-0.25, -0.2) is 0 Å². The molecule has 0 bridgehead atoms. The number of aromatic nitrogens is 2. The third kappa shape index (κ3) is 2.94. The Morgan fingerprint density at radius 1 is 1.32 bits per heavy atom. The summed E-state index contributed by atoms with van der Waals surface area (Å²) >= 11 is 0. The van der Waals surface area contributed by atoms with E-state index in [1.54, 1.807) is 12.4 Å². The van der Waals surface area contributed by atoms with Crippen molar-refractivity contribution < 1.29 is 17.4 Å². The van der Waals surface area contributed by atoms with Crippen LogP contribution in [0, 0.1) is 0 Å². The van der Waals surface area contributed by atoms with Crippen LogP contribution in [-0.2, 0) is 0 Å². The Morgan fingerprint density at radius 2 is 2.18 bits per heavy atom. The van der Waals surface area contributed by atoms with Crippen molar-refractivity contribution in [2.24, 2.45) is 15.1 Å². The molecule has 0 amide bonds. The molecule has 9 heteroatoms. The number of piperidine rings is 1. The third-order valence-electron chi connectivity index (χ3n) is 3.77. The standard InChI is InChI=1S/C13H16N8.ClH/c1-3-14-4-2-11(1)21-9-10(7-16-21)17-13-18-12-8-15-5-6-20(12)19-13;/h5-9,11,14H,1-4H2,(H,17,19);1H. The van der Waals surface area contributed by atoms with Crippen LogP contribution < -0.4 is 28.0 Å². The monoisotopic (exact) mass is 320 g/mol. The Hall–Kier alpha value is -2.03. The Kier molecular flexibility index (Phi) is 4.32. The molecular weight excluding hydrogens is 304 g/mol. The summed E-state index contributed by atoms with van der Waals surface area (Å²) in [6, 6.07) is 0.477. The lowest BCUT2D eigenvalue weighted by Gasteiger charge is -2.22. The molecule has 0 aliphatic carbocycles. The van der Waals surface area contributed by atoms with Crippen LogP contribution in [0.25, 0.3) is 0 Å². The second-order valence-corrected chi connectivity index (χ2v) is 5.23. The molecular formula is C13H17ClN8. The van der Waals surface area contributed by atoms with E-state index in [0.717, 1.165) is 42.5 Å². The van der Waals surface area contributed by atoms with E-state index in [1.165, 1.54) is 0 Å². The van der Waals surface area contributed by atoms with Gasteiger partial charge < -0.3 is 23.0 Å². The molecule has 1 fully saturated rings. The first kappa shape index (κ1) is 14.9. The topological polar surface area (TPSA) is 83.4 Å². The molecule has 0 saturated carbocycles. The highest BCUT2D eigenvalue weighted by molar-refractivity contribution is 6.29. The highest BCUT2D eigenvalue weighted by Crippen LogP contribution is 2.19. The first-order valence-electron chi connectivity index (χ1n) is 7.15. The number of nitrogens with zero attached hydrogens (tertiary/aromatic N) is 5. The lowest BCUT2D eigenvalue weighted by Crippen LogP contribution is -3.05. The Balaban J connectivity index is 0.00000144. The molecule has 0 radical (unpaired) electrons. The van der Waals surface area contributed by atoms with Gasteiger partial charge in [-0.2, -0.15) is 10.1 Å². The summed E-state index contributed by atoms with van der Waals surface area (Å²) in [6.45, 7) is 2.11. The number of quaternary nitrogens is 1. The molecule has 1 aromatic heterocycles. The molecule has 116 valence electrons. The van der Waals surface area contributed by atoms with Gasteiger partial charge in [0.25, 0.3) is 11.8 Å². The van der Waals surface area contributed by atoms with Crippen LogP contribution in [0.15, 0.2) is 39.9 Å². The number of anilines is 1. The number of hydrogen-bond donors (Lipinski definition) is 3. The molecule has 1 unspecified atom stereocenters. The van der Waals surface area contributed by atoms with Crippen LogP contribution in [0.5, 0.6) is 0 Å². The minimum atomic E-state index is 0. The Morgan fingerprint density at radius 3 is 3.00 bits per heavy atom. The number of fused-ring (bicyclic) bond motifs is 1. The molecule has 1 saturated heterocycles. The summed E-state index contributed by atoms with van der Waals surface area (Å²) in [5, 5.41) is 16.3. The van der Waals surface area contributed by atoms with Crippen molar-refractivity contribution in [1.29, 1.82) is 0 Å². The number of nitrogens with one attached hydrogen (secondary N) is 3. The Labute approximate surface area is 134 Å². The number of aliphatic imine (C=N–C) groups is 2. The molecule has 0 spiro atoms. The zero-order valence-corrected chi connectivity index (χ0v) is 12.7. The molecule has 22 heavy (non-hydrogen) atoms. The summed E-state index contributed by atoms with van der Waals surface area (Å²) in [7, 11) is 0. The summed E-state index contributed by atoms with van der Waals surface area (Å²) in [4.78, 5) is 8.44. The number of amidine groups is 1. The molecule has 3 aliphatic heterocycles. The fourth-order valence-electron chi connectivity index (χ4n) is 2.67. The third-order valence-corrected chi connectivity index (χ3v) is 3.77. The first-order valence-corrected chi connectivity index (χ1v) is 7.15. The summed E-state index contributed by atoms with van der Waals surface area (Å²) in [5.74, 6) is 1.38. The zero-order chi connectivity index (χ0) is 14.1. The molecule has 8 nitrogen and oxygen atoms in total. The van der Waals surface area contributed by atoms with E-state index in [9.17, 15) is 0 Å². The van der Waals surface area contributed by atoms with Gasteiger partial charge >= 0.3 is 0 Å². The second kappa shape index (κ2) is 6.39. The van der Waals surface area contributed by atoms with E-state index in [0.29, 0.717) is 12.0 Å². The van der Waals surface area contributed by atoms with Crippen LogP contribution >= 0.6 is 0 Å². The second-order valence-electron chi connectivity index (χ2n) is 5.23. The van der Waals surface area contributed by atoms with Gasteiger partial charge in [-0.05, 0) is 31.0 Å². The maximum atomic E-state index is 4.45. The van der Waals surface area contributed by atoms with Crippen molar-refractivity contribution in [3.05, 3.63) is 24.8 Å². The van der Waals surface area contributed by atoms with E-state index >= 15 is 0 Å². The SMILES string of the molecule is C1=C[NH+]2N=C(Nc3cnn(C4CCNCC4)c3)N=C2C=N1.[Cl-]. The van der Waals surface area contributed by atoms with Crippen LogP contribution in [0.2, 0.25) is 0 Å². The summed E-state index contributed by atoms with van der Waals surface area (Å²) in [6.07, 6.45) is 11.4. The van der Waals surface area contributed by atoms with E-state index in [4.69, 9.17) is 0 Å². The molecule has 1 atom stereocenters. The normalized spacial score (nSPS) is 23.5. The highest BCUT2D eigenvalue weighted by Gasteiger charge is 2.25. The van der Waals surface area contributed by atoms with Gasteiger partial charge in [-0.3, -0.25) is 9.67 Å². The number of halogens is 1. The maximum Gasteiger partial charge on any atom is 0.287 e. The molecule has 3 aliphatic rings. The molecule has 4 heterocycles. The lowest BCUT2D eigenvalue weighted by atomic mass is 10.1. The van der Waals surface area contributed by atoms with Gasteiger partial charge in [0.1, 0.15) is 12.4 Å². The number of guanidine groups is 1. The fraction of sp³-hybridized carbons (Fsp3) is 0.385. The van der Waals surface area contributed by atoms with Gasteiger partial charge in [0.15, 0.2) is 0 Å². The van der Waals surface area contributed by atoms with Gasteiger partial charge in [0.05, 0.1) is 24.1 Å². The van der Waals surface area contributed by atoms with E-state index in [-0.39, 0.29) is 12.4 Å². The van der Waals surface area contributed by atoms with Crippen LogP contribution in [0.3, 0.4) is 0 Å². The average molecular weight is 321 g/mol. The zero-order valence-electron chi connectivity index (χ0n) is 11.9. The van der Waals surface area contributed by atoms with E-state index in [1.807, 2.05) is 23.3 Å². The molecule has 1 aromatic rings. The predicted molar refractivity (Wildman–Crippen MR) is 80.5 cm³/mol. The molecule has 0 aromatic carbocycles. The smallest absolute Gasteiger partial charge is 0.287 e. The van der Waals surface area contributed by atoms with E-state index < -0.39 is 0 Å². The van der Waals surface area contributed by atoms with Crippen LogP contribution in [-0.4, -0.2) is 40.9 Å². The molecule has 3 N–H and O–H groups in total. The Bertz CT molecular complexity index is 653. The van der Waals surface area contributed by atoms with Gasteiger partial charge in [-0.15, -0.1) is 5.01 Å². The average Bonchev–Trinajstić information content (AvgIpc) is 3.14. The van der Waals surface area contributed by atoms with Crippen molar-refractivity contribution >= 4 is 23.7 Å². The van der Waals surface area contributed by atoms with Crippen molar-refractivity contribution in [2.75, 3.05) is 18.4 Å². The summed E-state index contributed by atoms with van der Waals surface area (Å²) in [5.41, 5.74) is 0.914. The van der Waals surface area contributed by atoms with Crippen LogP contribution in [0.1, 0.15) is 18.9 Å².